The highest BCUT2D eigenvalue weighted by molar-refractivity contribution is 5.93. The number of nitrogens with two attached hydrogens (primary N) is 1. The largest absolute Gasteiger partial charge is 0.494 e. The van der Waals surface area contributed by atoms with Crippen LogP contribution in [0.5, 0.6) is 5.75 Å². The van der Waals surface area contributed by atoms with Crippen LogP contribution < -0.4 is 10.5 Å². The maximum absolute atomic E-state index is 11.7. The Morgan fingerprint density at radius 1 is 0.786 bits per heavy atom. The van der Waals surface area contributed by atoms with Gasteiger partial charge in [0, 0.05) is 28.8 Å². The maximum Gasteiger partial charge on any atom is 0.335 e. The summed E-state index contributed by atoms with van der Waals surface area (Å²) >= 11 is 0. The lowest BCUT2D eigenvalue weighted by Gasteiger charge is -2.38. The minimum Gasteiger partial charge on any atom is -0.494 e. The number of carbonyl (C=O) groups excluding carboxylic acids is 1. The molecule has 0 radical (unpaired) electrons. The van der Waals surface area contributed by atoms with Crippen molar-refractivity contribution in [1.29, 1.82) is 0 Å². The van der Waals surface area contributed by atoms with Gasteiger partial charge in [0.05, 0.1) is 12.2 Å². The molecular formula is C36H34N2O4. The molecule has 5 aromatic rings. The maximum atomic E-state index is 11.7. The standard InChI is InChI=1S/C36H34N2O4/c37-34(39)29-14-7-15-31(24-29)42-23-9-21-36(33-16-8-22-38-33,30-19-17-28(18-20-30)35(40)41)25-32(26-10-3-1-4-11-26)27-12-5-2-6-13-27/h1-8,10-20,22,24,32,38H,9,21,23,25H2,(H2,37,39)(H,40,41). The number of hydrogen-bond donors (Lipinski definition) is 3. The molecule has 0 aliphatic carbocycles. The second-order valence-electron chi connectivity index (χ2n) is 10.5. The molecule has 1 amide bonds. The number of ether oxygens (including phenoxy) is 1. The fourth-order valence-corrected chi connectivity index (χ4v) is 5.77. The number of hydrogen-bond acceptors (Lipinski definition) is 3. The number of aromatic nitrogens is 1. The number of carboxylic acids is 1. The van der Waals surface area contributed by atoms with Crippen LogP contribution in [0.1, 0.15) is 68.3 Å². The highest BCUT2D eigenvalue weighted by Crippen LogP contribution is 2.46. The smallest absolute Gasteiger partial charge is 0.335 e. The van der Waals surface area contributed by atoms with Gasteiger partial charge < -0.3 is 20.6 Å². The summed E-state index contributed by atoms with van der Waals surface area (Å²) in [6.07, 6.45) is 4.11. The van der Waals surface area contributed by atoms with Crippen LogP contribution in [-0.4, -0.2) is 28.6 Å². The minimum absolute atomic E-state index is 0.0722. The van der Waals surface area contributed by atoms with E-state index in [0.717, 1.165) is 24.1 Å². The molecule has 42 heavy (non-hydrogen) atoms. The summed E-state index contributed by atoms with van der Waals surface area (Å²) in [4.78, 5) is 26.8. The Kier molecular flexibility index (Phi) is 8.83. The van der Waals surface area contributed by atoms with E-state index in [4.69, 9.17) is 10.5 Å². The second-order valence-corrected chi connectivity index (χ2v) is 10.5. The molecule has 1 aromatic heterocycles. The summed E-state index contributed by atoms with van der Waals surface area (Å²) < 4.78 is 6.07. The first kappa shape index (κ1) is 28.4. The Balaban J connectivity index is 1.54. The van der Waals surface area contributed by atoms with E-state index in [1.807, 2.05) is 42.6 Å². The molecular weight excluding hydrogens is 524 g/mol. The first-order valence-corrected chi connectivity index (χ1v) is 14.1. The molecule has 0 aliphatic heterocycles. The molecule has 0 fully saturated rings. The van der Waals surface area contributed by atoms with Crippen molar-refractivity contribution < 1.29 is 19.4 Å². The van der Waals surface area contributed by atoms with Crippen molar-refractivity contribution in [3.63, 3.8) is 0 Å². The predicted molar refractivity (Wildman–Crippen MR) is 164 cm³/mol. The zero-order valence-electron chi connectivity index (χ0n) is 23.3. The van der Waals surface area contributed by atoms with Crippen molar-refractivity contribution in [2.45, 2.75) is 30.6 Å². The number of carboxylic acid groups (broad SMARTS) is 1. The third-order valence-electron chi connectivity index (χ3n) is 7.89. The summed E-state index contributed by atoms with van der Waals surface area (Å²) in [7, 11) is 0. The third kappa shape index (κ3) is 6.44. The molecule has 212 valence electrons. The number of aromatic carboxylic acids is 1. The summed E-state index contributed by atoms with van der Waals surface area (Å²) in [5.74, 6) is -0.786. The van der Waals surface area contributed by atoms with Crippen LogP contribution in [-0.2, 0) is 5.41 Å². The fraction of sp³-hybridized carbons (Fsp3) is 0.167. The van der Waals surface area contributed by atoms with Gasteiger partial charge in [-0.25, -0.2) is 4.79 Å². The highest BCUT2D eigenvalue weighted by atomic mass is 16.5. The monoisotopic (exact) mass is 558 g/mol. The summed E-state index contributed by atoms with van der Waals surface area (Å²) in [5, 5.41) is 9.59. The van der Waals surface area contributed by atoms with Gasteiger partial charge in [-0.15, -0.1) is 0 Å². The van der Waals surface area contributed by atoms with Gasteiger partial charge in [0.2, 0.25) is 5.91 Å². The molecule has 1 unspecified atom stereocenters. The Hall–Kier alpha value is -5.10. The number of aromatic amines is 1. The lowest BCUT2D eigenvalue weighted by Crippen LogP contribution is -2.32. The topological polar surface area (TPSA) is 105 Å². The number of carbonyl (C=O) groups is 2. The fourth-order valence-electron chi connectivity index (χ4n) is 5.77. The first-order valence-electron chi connectivity index (χ1n) is 14.1. The molecule has 1 atom stereocenters. The number of rotatable bonds is 13. The molecule has 5 rings (SSSR count). The van der Waals surface area contributed by atoms with Gasteiger partial charge in [0.15, 0.2) is 0 Å². The molecule has 0 saturated carbocycles. The lowest BCUT2D eigenvalue weighted by atomic mass is 9.66. The average Bonchev–Trinajstić information content (AvgIpc) is 3.58. The van der Waals surface area contributed by atoms with Crippen LogP contribution >= 0.6 is 0 Å². The van der Waals surface area contributed by atoms with Gasteiger partial charge in [0.25, 0.3) is 0 Å². The predicted octanol–water partition coefficient (Wildman–Crippen LogP) is 7.18. The number of H-pyrrole nitrogens is 1. The van der Waals surface area contributed by atoms with Gasteiger partial charge >= 0.3 is 5.97 Å². The average molecular weight is 559 g/mol. The van der Waals surface area contributed by atoms with Crippen molar-refractivity contribution in [3.05, 3.63) is 161 Å². The van der Waals surface area contributed by atoms with E-state index in [1.54, 1.807) is 30.3 Å². The highest BCUT2D eigenvalue weighted by Gasteiger charge is 2.38. The summed E-state index contributed by atoms with van der Waals surface area (Å²) in [6, 6.07) is 39.2. The third-order valence-corrected chi connectivity index (χ3v) is 7.89. The summed E-state index contributed by atoms with van der Waals surface area (Å²) in [5.41, 5.74) is 10.1. The van der Waals surface area contributed by atoms with Crippen molar-refractivity contribution in [3.8, 4) is 5.75 Å². The Labute approximate surface area is 245 Å². The van der Waals surface area contributed by atoms with Crippen LogP contribution in [0.3, 0.4) is 0 Å². The van der Waals surface area contributed by atoms with Crippen LogP contribution in [0, 0.1) is 0 Å². The molecule has 0 bridgehead atoms. The second kappa shape index (κ2) is 13.0. The van der Waals surface area contributed by atoms with Crippen LogP contribution in [0.25, 0.3) is 0 Å². The van der Waals surface area contributed by atoms with Crippen molar-refractivity contribution >= 4 is 11.9 Å². The van der Waals surface area contributed by atoms with Gasteiger partial charge in [-0.1, -0.05) is 78.9 Å². The molecule has 0 saturated heterocycles. The number of benzene rings is 4. The lowest BCUT2D eigenvalue weighted by molar-refractivity contribution is 0.0696. The van der Waals surface area contributed by atoms with Crippen molar-refractivity contribution in [1.82, 2.24) is 4.98 Å². The zero-order valence-corrected chi connectivity index (χ0v) is 23.3. The molecule has 0 spiro atoms. The molecule has 0 aliphatic rings. The van der Waals surface area contributed by atoms with E-state index in [0.29, 0.717) is 24.3 Å². The summed E-state index contributed by atoms with van der Waals surface area (Å²) in [6.45, 7) is 0.430. The Morgan fingerprint density at radius 2 is 1.45 bits per heavy atom. The quantitative estimate of drug-likeness (QED) is 0.133. The Morgan fingerprint density at radius 3 is 2.02 bits per heavy atom. The minimum atomic E-state index is -0.954. The van der Waals surface area contributed by atoms with E-state index in [9.17, 15) is 14.7 Å². The van der Waals surface area contributed by atoms with Gasteiger partial charge in [-0.05, 0) is 78.4 Å². The van der Waals surface area contributed by atoms with E-state index in [1.165, 1.54) is 11.1 Å². The first-order chi connectivity index (χ1) is 20.5. The normalized spacial score (nSPS) is 12.5. The SMILES string of the molecule is NC(=O)c1cccc(OCCCC(CC(c2ccccc2)c2ccccc2)(c2ccc(C(=O)O)cc2)c2ccc[nH]2)c1. The Bertz CT molecular complexity index is 1560. The van der Waals surface area contributed by atoms with Gasteiger partial charge in [0.1, 0.15) is 5.75 Å². The van der Waals surface area contributed by atoms with Crippen molar-refractivity contribution in [2.24, 2.45) is 5.73 Å². The van der Waals surface area contributed by atoms with E-state index in [2.05, 4.69) is 59.6 Å². The molecule has 6 nitrogen and oxygen atoms in total. The van der Waals surface area contributed by atoms with Crippen LogP contribution in [0.4, 0.5) is 0 Å². The number of primary amides is 1. The molecule has 1 heterocycles. The zero-order chi connectivity index (χ0) is 29.4. The molecule has 6 heteroatoms. The van der Waals surface area contributed by atoms with Gasteiger partial charge in [-0.2, -0.15) is 0 Å². The van der Waals surface area contributed by atoms with Crippen LogP contribution in [0.2, 0.25) is 0 Å². The van der Waals surface area contributed by atoms with Gasteiger partial charge in [-0.3, -0.25) is 4.79 Å². The van der Waals surface area contributed by atoms with E-state index in [-0.39, 0.29) is 11.5 Å². The van der Waals surface area contributed by atoms with E-state index >= 15 is 0 Å². The number of nitrogens with one attached hydrogen (secondary N) is 1. The van der Waals surface area contributed by atoms with E-state index < -0.39 is 17.3 Å². The van der Waals surface area contributed by atoms with Crippen molar-refractivity contribution in [2.75, 3.05) is 6.61 Å². The number of amides is 1. The molecule has 4 N–H and O–H groups in total. The molecule has 4 aromatic carbocycles. The van der Waals surface area contributed by atoms with Crippen LogP contribution in [0.15, 0.2) is 128 Å².